The maximum atomic E-state index is 9.18. The molecule has 1 aromatic rings. The molecule has 4 heteroatoms. The summed E-state index contributed by atoms with van der Waals surface area (Å²) < 4.78 is 0. The average Bonchev–Trinajstić information content (AvgIpc) is 3.20. The van der Waals surface area contributed by atoms with E-state index in [-0.39, 0.29) is 5.92 Å². The van der Waals surface area contributed by atoms with Crippen LogP contribution in [0, 0.1) is 23.2 Å². The van der Waals surface area contributed by atoms with Gasteiger partial charge < -0.3 is 4.90 Å². The zero-order valence-electron chi connectivity index (χ0n) is 22.2. The standard InChI is InChI=1S/C33H40N4/c1-2-3-4-6-13-30(29-11-7-5-8-12-29)20-24-37-22-18-27(19-23-37)25-32-17-21-35-33(36-32)31-14-9-10-28(26-34)15-16-31/h2-12,14-16,27-28,30H,13,17-25H2,1H3/b3-2-,6-4-. The van der Waals surface area contributed by atoms with Crippen molar-refractivity contribution >= 4 is 11.5 Å². The first-order valence-electron chi connectivity index (χ1n) is 13.9. The Hall–Kier alpha value is -3.29. The molecule has 2 atom stereocenters. The van der Waals surface area contributed by atoms with Crippen LogP contribution in [0.2, 0.25) is 0 Å². The monoisotopic (exact) mass is 492 g/mol. The number of rotatable bonds is 10. The van der Waals surface area contributed by atoms with Gasteiger partial charge in [-0.2, -0.15) is 5.26 Å². The van der Waals surface area contributed by atoms with Crippen LogP contribution in [0.1, 0.15) is 56.9 Å². The van der Waals surface area contributed by atoms with Gasteiger partial charge in [-0.15, -0.1) is 0 Å². The van der Waals surface area contributed by atoms with Crippen molar-refractivity contribution in [1.82, 2.24) is 4.90 Å². The number of likely N-dealkylation sites (tertiary alicyclic amines) is 1. The van der Waals surface area contributed by atoms with E-state index < -0.39 is 0 Å². The second kappa shape index (κ2) is 14.4. The first-order valence-corrected chi connectivity index (χ1v) is 13.9. The second-order valence-corrected chi connectivity index (χ2v) is 10.2. The van der Waals surface area contributed by atoms with Crippen molar-refractivity contribution in [2.24, 2.45) is 21.8 Å². The number of nitriles is 1. The van der Waals surface area contributed by atoms with Crippen LogP contribution in [0.25, 0.3) is 0 Å². The van der Waals surface area contributed by atoms with Crippen LogP contribution >= 0.6 is 0 Å². The number of hydrogen-bond donors (Lipinski definition) is 0. The minimum atomic E-state index is -0.177. The van der Waals surface area contributed by atoms with Gasteiger partial charge in [-0.05, 0) is 76.1 Å². The SMILES string of the molecule is C/C=C\C=C/CC(CCN1CCC(CC2=NC(C3=CC=CC(C#N)C=C3)=NCC2)CC1)c1ccccc1. The Labute approximate surface area is 223 Å². The van der Waals surface area contributed by atoms with Crippen LogP contribution in [0.4, 0.5) is 0 Å². The zero-order chi connectivity index (χ0) is 25.7. The van der Waals surface area contributed by atoms with Crippen molar-refractivity contribution in [2.45, 2.75) is 51.4 Å². The van der Waals surface area contributed by atoms with Gasteiger partial charge in [0.05, 0.1) is 12.0 Å². The largest absolute Gasteiger partial charge is 0.303 e. The summed E-state index contributed by atoms with van der Waals surface area (Å²) in [5.41, 5.74) is 3.75. The summed E-state index contributed by atoms with van der Waals surface area (Å²) in [5, 5.41) is 9.18. The highest BCUT2D eigenvalue weighted by Crippen LogP contribution is 2.27. The third kappa shape index (κ3) is 8.37. The van der Waals surface area contributed by atoms with E-state index in [2.05, 4.69) is 77.5 Å². The Kier molecular flexibility index (Phi) is 10.5. The highest BCUT2D eigenvalue weighted by molar-refractivity contribution is 6.09. The highest BCUT2D eigenvalue weighted by atomic mass is 15.1. The molecule has 37 heavy (non-hydrogen) atoms. The number of amidine groups is 1. The van der Waals surface area contributed by atoms with E-state index in [1.165, 1.54) is 50.2 Å². The lowest BCUT2D eigenvalue weighted by molar-refractivity contribution is 0.181. The predicted octanol–water partition coefficient (Wildman–Crippen LogP) is 7.22. The fourth-order valence-corrected chi connectivity index (χ4v) is 5.34. The van der Waals surface area contributed by atoms with E-state index in [4.69, 9.17) is 4.99 Å². The van der Waals surface area contributed by atoms with Gasteiger partial charge in [0.1, 0.15) is 0 Å². The molecule has 1 aromatic carbocycles. The summed E-state index contributed by atoms with van der Waals surface area (Å²) in [6, 6.07) is 13.3. The Morgan fingerprint density at radius 2 is 1.97 bits per heavy atom. The number of hydrogen-bond acceptors (Lipinski definition) is 4. The highest BCUT2D eigenvalue weighted by Gasteiger charge is 2.23. The van der Waals surface area contributed by atoms with Gasteiger partial charge in [-0.25, -0.2) is 4.99 Å². The van der Waals surface area contributed by atoms with Gasteiger partial charge in [-0.1, -0.05) is 85.0 Å². The van der Waals surface area contributed by atoms with Crippen LogP contribution in [-0.4, -0.2) is 42.6 Å². The molecule has 2 aliphatic heterocycles. The zero-order valence-corrected chi connectivity index (χ0v) is 22.2. The third-order valence-electron chi connectivity index (χ3n) is 7.57. The number of aliphatic imine (C=N–C) groups is 2. The average molecular weight is 493 g/mol. The lowest BCUT2D eigenvalue weighted by atomic mass is 9.89. The summed E-state index contributed by atoms with van der Waals surface area (Å²) in [4.78, 5) is 12.3. The fraction of sp³-hybridized carbons (Fsp3) is 0.424. The summed E-state index contributed by atoms with van der Waals surface area (Å²) >= 11 is 0. The summed E-state index contributed by atoms with van der Waals surface area (Å²) in [6.45, 7) is 6.41. The smallest absolute Gasteiger partial charge is 0.154 e. The number of benzene rings is 1. The first-order chi connectivity index (χ1) is 18.2. The molecule has 0 radical (unpaired) electrons. The van der Waals surface area contributed by atoms with Crippen molar-refractivity contribution in [3.05, 3.63) is 96.2 Å². The molecule has 2 unspecified atom stereocenters. The number of nitrogens with zero attached hydrogens (tertiary/aromatic N) is 4. The first kappa shape index (κ1) is 26.8. The quantitative estimate of drug-likeness (QED) is 0.324. The van der Waals surface area contributed by atoms with Crippen LogP contribution < -0.4 is 0 Å². The van der Waals surface area contributed by atoms with E-state index in [0.29, 0.717) is 11.8 Å². The minimum Gasteiger partial charge on any atom is -0.303 e. The van der Waals surface area contributed by atoms with E-state index in [1.807, 2.05) is 30.4 Å². The van der Waals surface area contributed by atoms with E-state index in [1.54, 1.807) is 0 Å². The third-order valence-corrected chi connectivity index (χ3v) is 7.57. The van der Waals surface area contributed by atoms with Gasteiger partial charge >= 0.3 is 0 Å². The molecular formula is C33H40N4. The molecule has 0 saturated carbocycles. The lowest BCUT2D eigenvalue weighted by Crippen LogP contribution is -2.35. The van der Waals surface area contributed by atoms with Gasteiger partial charge in [0.2, 0.25) is 0 Å². The molecule has 2 heterocycles. The molecule has 4 rings (SSSR count). The maximum Gasteiger partial charge on any atom is 0.154 e. The topological polar surface area (TPSA) is 51.8 Å². The Bertz CT molecular complexity index is 1120. The molecule has 0 spiro atoms. The van der Waals surface area contributed by atoms with Crippen LogP contribution in [0.3, 0.4) is 0 Å². The van der Waals surface area contributed by atoms with Crippen molar-refractivity contribution < 1.29 is 0 Å². The molecule has 0 N–H and O–H groups in total. The maximum absolute atomic E-state index is 9.18. The summed E-state index contributed by atoms with van der Waals surface area (Å²) in [6.07, 6.45) is 25.3. The molecule has 1 aliphatic carbocycles. The minimum absolute atomic E-state index is 0.177. The Morgan fingerprint density at radius 1 is 1.14 bits per heavy atom. The molecular weight excluding hydrogens is 452 g/mol. The van der Waals surface area contributed by atoms with E-state index in [0.717, 1.165) is 37.2 Å². The van der Waals surface area contributed by atoms with E-state index in [9.17, 15) is 5.26 Å². The van der Waals surface area contributed by atoms with Crippen molar-refractivity contribution in [3.8, 4) is 6.07 Å². The van der Waals surface area contributed by atoms with Crippen molar-refractivity contribution in [1.29, 1.82) is 5.26 Å². The molecule has 0 amide bonds. The van der Waals surface area contributed by atoms with Gasteiger partial charge in [0.15, 0.2) is 5.84 Å². The van der Waals surface area contributed by atoms with Gasteiger partial charge in [0.25, 0.3) is 0 Å². The normalized spacial score (nSPS) is 21.9. The fourth-order valence-electron chi connectivity index (χ4n) is 5.34. The molecule has 4 nitrogen and oxygen atoms in total. The molecule has 0 aromatic heterocycles. The van der Waals surface area contributed by atoms with Crippen LogP contribution in [-0.2, 0) is 0 Å². The summed E-state index contributed by atoms with van der Waals surface area (Å²) in [5.74, 6) is 1.93. The second-order valence-electron chi connectivity index (χ2n) is 10.2. The van der Waals surface area contributed by atoms with Gasteiger partial charge in [0, 0.05) is 24.3 Å². The van der Waals surface area contributed by atoms with Crippen molar-refractivity contribution in [2.75, 3.05) is 26.2 Å². The van der Waals surface area contributed by atoms with Crippen LogP contribution in [0.15, 0.2) is 101 Å². The van der Waals surface area contributed by atoms with Crippen LogP contribution in [0.5, 0.6) is 0 Å². The number of piperidine rings is 1. The van der Waals surface area contributed by atoms with Crippen molar-refractivity contribution in [3.63, 3.8) is 0 Å². The molecule has 0 bridgehead atoms. The lowest BCUT2D eigenvalue weighted by Gasteiger charge is -2.33. The molecule has 1 saturated heterocycles. The summed E-state index contributed by atoms with van der Waals surface area (Å²) in [7, 11) is 0. The van der Waals surface area contributed by atoms with Gasteiger partial charge in [-0.3, -0.25) is 4.99 Å². The molecule has 1 fully saturated rings. The Morgan fingerprint density at radius 3 is 2.76 bits per heavy atom. The van der Waals surface area contributed by atoms with E-state index >= 15 is 0 Å². The Balaban J connectivity index is 1.26. The molecule has 3 aliphatic rings. The molecule has 192 valence electrons. The predicted molar refractivity (Wildman–Crippen MR) is 156 cm³/mol. The number of allylic oxidation sites excluding steroid dienone is 8.